The molecule has 3 nitrogen and oxygen atoms in total. The first-order valence-corrected chi connectivity index (χ1v) is 9.96. The van der Waals surface area contributed by atoms with Gasteiger partial charge in [0.05, 0.1) is 13.2 Å². The van der Waals surface area contributed by atoms with Gasteiger partial charge >= 0.3 is 0 Å². The maximum atomic E-state index is 13.3. The molecule has 3 rings (SSSR count). The summed E-state index contributed by atoms with van der Waals surface area (Å²) >= 11 is 6.33. The van der Waals surface area contributed by atoms with Crippen molar-refractivity contribution in [2.24, 2.45) is 0 Å². The highest BCUT2D eigenvalue weighted by Gasteiger charge is 2.18. The lowest BCUT2D eigenvalue weighted by atomic mass is 9.99. The molecule has 0 bridgehead atoms. The van der Waals surface area contributed by atoms with Gasteiger partial charge in [-0.25, -0.2) is 0 Å². The molecule has 0 heterocycles. The fourth-order valence-corrected chi connectivity index (χ4v) is 3.33. The standard InChI is InChI=1S/C25H24ClNO2/c1-3-24(19-13-15-21(29-2)16-14-19)27-25(28)22(18-9-5-4-6-10-18)17-20-11-7-8-12-23(20)26/h4-17,24H,3H2,1-2H3,(H,27,28)/b22-17+/t24-/m1/s1. The second-order valence-electron chi connectivity index (χ2n) is 6.65. The van der Waals surface area contributed by atoms with Crippen LogP contribution in [-0.2, 0) is 4.79 Å². The van der Waals surface area contributed by atoms with Gasteiger partial charge in [0.1, 0.15) is 5.75 Å². The Morgan fingerprint density at radius 2 is 1.66 bits per heavy atom. The Labute approximate surface area is 177 Å². The van der Waals surface area contributed by atoms with E-state index in [0.717, 1.165) is 28.9 Å². The monoisotopic (exact) mass is 405 g/mol. The molecule has 0 saturated carbocycles. The molecule has 1 amide bonds. The van der Waals surface area contributed by atoms with Crippen molar-refractivity contribution in [2.75, 3.05) is 7.11 Å². The molecular formula is C25H24ClNO2. The van der Waals surface area contributed by atoms with Gasteiger partial charge in [-0.3, -0.25) is 4.79 Å². The number of hydrogen-bond acceptors (Lipinski definition) is 2. The molecule has 0 unspecified atom stereocenters. The number of ether oxygens (including phenoxy) is 1. The van der Waals surface area contributed by atoms with Crippen LogP contribution in [0, 0.1) is 0 Å². The minimum atomic E-state index is -0.140. The molecule has 0 spiro atoms. The minimum Gasteiger partial charge on any atom is -0.497 e. The average molecular weight is 406 g/mol. The molecule has 0 aliphatic carbocycles. The summed E-state index contributed by atoms with van der Waals surface area (Å²) in [5.41, 5.74) is 3.26. The fourth-order valence-electron chi connectivity index (χ4n) is 3.14. The van der Waals surface area contributed by atoms with Crippen LogP contribution in [0.1, 0.15) is 36.1 Å². The molecule has 0 aliphatic rings. The van der Waals surface area contributed by atoms with Crippen LogP contribution in [0.2, 0.25) is 5.02 Å². The normalized spacial score (nSPS) is 12.3. The average Bonchev–Trinajstić information content (AvgIpc) is 2.77. The number of carbonyl (C=O) groups excluding carboxylic acids is 1. The molecule has 3 aromatic rings. The first-order valence-electron chi connectivity index (χ1n) is 9.58. The lowest BCUT2D eigenvalue weighted by Crippen LogP contribution is -2.28. The summed E-state index contributed by atoms with van der Waals surface area (Å²) in [6.45, 7) is 2.05. The summed E-state index contributed by atoms with van der Waals surface area (Å²) in [6.07, 6.45) is 2.61. The van der Waals surface area contributed by atoms with E-state index in [2.05, 4.69) is 12.2 Å². The molecule has 0 radical (unpaired) electrons. The third-order valence-electron chi connectivity index (χ3n) is 4.77. The molecule has 0 fully saturated rings. The van der Waals surface area contributed by atoms with Crippen molar-refractivity contribution in [1.82, 2.24) is 5.32 Å². The van der Waals surface area contributed by atoms with Crippen molar-refractivity contribution >= 4 is 29.2 Å². The molecule has 3 aromatic carbocycles. The number of nitrogens with one attached hydrogen (secondary N) is 1. The van der Waals surface area contributed by atoms with Crippen molar-refractivity contribution in [3.05, 3.63) is 101 Å². The van der Waals surface area contributed by atoms with Crippen LogP contribution in [0.5, 0.6) is 5.75 Å². The van der Waals surface area contributed by atoms with Crippen molar-refractivity contribution < 1.29 is 9.53 Å². The fraction of sp³-hybridized carbons (Fsp3) is 0.160. The zero-order valence-corrected chi connectivity index (χ0v) is 17.3. The Bertz CT molecular complexity index is 981. The van der Waals surface area contributed by atoms with Crippen LogP contribution in [0.25, 0.3) is 11.6 Å². The smallest absolute Gasteiger partial charge is 0.252 e. The molecule has 0 aromatic heterocycles. The van der Waals surface area contributed by atoms with E-state index in [1.54, 1.807) is 7.11 Å². The van der Waals surface area contributed by atoms with Gasteiger partial charge in [0.25, 0.3) is 5.91 Å². The summed E-state index contributed by atoms with van der Waals surface area (Å²) in [4.78, 5) is 13.3. The predicted molar refractivity (Wildman–Crippen MR) is 120 cm³/mol. The number of benzene rings is 3. The van der Waals surface area contributed by atoms with Crippen molar-refractivity contribution in [2.45, 2.75) is 19.4 Å². The zero-order valence-electron chi connectivity index (χ0n) is 16.6. The molecule has 4 heteroatoms. The van der Waals surface area contributed by atoms with Crippen LogP contribution < -0.4 is 10.1 Å². The van der Waals surface area contributed by atoms with E-state index in [-0.39, 0.29) is 11.9 Å². The summed E-state index contributed by atoms with van der Waals surface area (Å²) in [5.74, 6) is 0.650. The maximum Gasteiger partial charge on any atom is 0.252 e. The number of hydrogen-bond donors (Lipinski definition) is 1. The topological polar surface area (TPSA) is 38.3 Å². The number of rotatable bonds is 7. The maximum absolute atomic E-state index is 13.3. The van der Waals surface area contributed by atoms with Crippen LogP contribution in [-0.4, -0.2) is 13.0 Å². The molecule has 1 N–H and O–H groups in total. The second kappa shape index (κ2) is 9.94. The van der Waals surface area contributed by atoms with Crippen molar-refractivity contribution in [3.63, 3.8) is 0 Å². The number of halogens is 1. The van der Waals surface area contributed by atoms with E-state index in [4.69, 9.17) is 16.3 Å². The van der Waals surface area contributed by atoms with E-state index in [1.165, 1.54) is 0 Å². The van der Waals surface area contributed by atoms with Gasteiger partial charge in [0.2, 0.25) is 0 Å². The van der Waals surface area contributed by atoms with Crippen LogP contribution in [0.3, 0.4) is 0 Å². The first-order chi connectivity index (χ1) is 14.1. The van der Waals surface area contributed by atoms with Crippen molar-refractivity contribution in [3.8, 4) is 5.75 Å². The Morgan fingerprint density at radius 3 is 2.28 bits per heavy atom. The van der Waals surface area contributed by atoms with Gasteiger partial charge < -0.3 is 10.1 Å². The van der Waals surface area contributed by atoms with Crippen LogP contribution >= 0.6 is 11.6 Å². The van der Waals surface area contributed by atoms with Gasteiger partial charge in [-0.2, -0.15) is 0 Å². The Hall–Kier alpha value is -3.04. The summed E-state index contributed by atoms with van der Waals surface area (Å²) < 4.78 is 5.23. The second-order valence-corrected chi connectivity index (χ2v) is 7.06. The summed E-state index contributed by atoms with van der Waals surface area (Å²) in [6, 6.07) is 24.8. The molecule has 0 aliphatic heterocycles. The lowest BCUT2D eigenvalue weighted by molar-refractivity contribution is -0.116. The molecule has 1 atom stereocenters. The van der Waals surface area contributed by atoms with Gasteiger partial charge in [-0.05, 0) is 47.4 Å². The molecule has 148 valence electrons. The van der Waals surface area contributed by atoms with E-state index in [0.29, 0.717) is 10.6 Å². The lowest BCUT2D eigenvalue weighted by Gasteiger charge is -2.19. The third-order valence-corrected chi connectivity index (χ3v) is 5.11. The van der Waals surface area contributed by atoms with E-state index in [1.807, 2.05) is 84.9 Å². The van der Waals surface area contributed by atoms with Crippen LogP contribution in [0.4, 0.5) is 0 Å². The van der Waals surface area contributed by atoms with E-state index >= 15 is 0 Å². The SMILES string of the molecule is CC[C@@H](NC(=O)/C(=C/c1ccccc1Cl)c1ccccc1)c1ccc(OC)cc1. The third kappa shape index (κ3) is 5.27. The van der Waals surface area contributed by atoms with Crippen LogP contribution in [0.15, 0.2) is 78.9 Å². The Kier molecular flexibility index (Phi) is 7.09. The summed E-state index contributed by atoms with van der Waals surface area (Å²) in [5, 5.41) is 3.77. The zero-order chi connectivity index (χ0) is 20.6. The molecular weight excluding hydrogens is 382 g/mol. The van der Waals surface area contributed by atoms with E-state index in [9.17, 15) is 4.79 Å². The molecule has 29 heavy (non-hydrogen) atoms. The van der Waals surface area contributed by atoms with Gasteiger partial charge in [0, 0.05) is 10.6 Å². The quantitative estimate of drug-likeness (QED) is 0.377. The Morgan fingerprint density at radius 1 is 1.00 bits per heavy atom. The van der Waals surface area contributed by atoms with Gasteiger partial charge in [-0.15, -0.1) is 0 Å². The summed E-state index contributed by atoms with van der Waals surface area (Å²) in [7, 11) is 1.64. The van der Waals surface area contributed by atoms with Gasteiger partial charge in [-0.1, -0.05) is 79.2 Å². The highest BCUT2D eigenvalue weighted by molar-refractivity contribution is 6.33. The Balaban J connectivity index is 1.92. The van der Waals surface area contributed by atoms with Crippen molar-refractivity contribution in [1.29, 1.82) is 0 Å². The molecule has 0 saturated heterocycles. The predicted octanol–water partition coefficient (Wildman–Crippen LogP) is 6.16. The highest BCUT2D eigenvalue weighted by Crippen LogP contribution is 2.26. The highest BCUT2D eigenvalue weighted by atomic mass is 35.5. The largest absolute Gasteiger partial charge is 0.497 e. The van der Waals surface area contributed by atoms with E-state index < -0.39 is 0 Å². The first kappa shape index (κ1) is 20.7. The van der Waals surface area contributed by atoms with Gasteiger partial charge in [0.15, 0.2) is 0 Å². The number of amides is 1. The number of carbonyl (C=O) groups is 1. The minimum absolute atomic E-state index is 0.105. The number of methoxy groups -OCH3 is 1.